The summed E-state index contributed by atoms with van der Waals surface area (Å²) < 4.78 is 40.0. The molecular formula is C12H13BrFNO4S. The third kappa shape index (κ3) is 2.59. The summed E-state index contributed by atoms with van der Waals surface area (Å²) in [5, 5.41) is 9.12. The molecule has 1 aliphatic rings. The fourth-order valence-corrected chi connectivity index (χ4v) is 4.28. The molecule has 8 heteroatoms. The lowest BCUT2D eigenvalue weighted by molar-refractivity contribution is -0.146. The van der Waals surface area contributed by atoms with Gasteiger partial charge in [-0.05, 0) is 31.5 Å². The van der Waals surface area contributed by atoms with Crippen LogP contribution in [0.25, 0.3) is 0 Å². The van der Waals surface area contributed by atoms with E-state index in [1.54, 1.807) is 0 Å². The number of carboxylic acids is 1. The Hall–Kier alpha value is -0.990. The van der Waals surface area contributed by atoms with Gasteiger partial charge in [-0.15, -0.1) is 0 Å². The molecule has 1 atom stereocenters. The second kappa shape index (κ2) is 5.09. The van der Waals surface area contributed by atoms with Gasteiger partial charge in [0, 0.05) is 17.6 Å². The van der Waals surface area contributed by atoms with Crippen LogP contribution in [0.2, 0.25) is 0 Å². The molecule has 0 aliphatic carbocycles. The van der Waals surface area contributed by atoms with E-state index >= 15 is 0 Å². The minimum Gasteiger partial charge on any atom is -0.481 e. The summed E-state index contributed by atoms with van der Waals surface area (Å²) in [5.41, 5.74) is -1.13. The summed E-state index contributed by atoms with van der Waals surface area (Å²) in [4.78, 5) is 10.7. The van der Waals surface area contributed by atoms with Gasteiger partial charge in [-0.2, -0.15) is 4.31 Å². The minimum absolute atomic E-state index is 0.0666. The molecule has 5 nitrogen and oxygen atoms in total. The highest BCUT2D eigenvalue weighted by atomic mass is 79.9. The molecule has 2 rings (SSSR count). The molecule has 0 bridgehead atoms. The van der Waals surface area contributed by atoms with Gasteiger partial charge in [0.2, 0.25) is 10.0 Å². The van der Waals surface area contributed by atoms with E-state index in [4.69, 9.17) is 5.11 Å². The third-order valence-corrected chi connectivity index (χ3v) is 5.82. The van der Waals surface area contributed by atoms with Crippen molar-refractivity contribution in [3.05, 3.63) is 28.5 Å². The third-order valence-electron chi connectivity index (χ3n) is 3.47. The van der Waals surface area contributed by atoms with Crippen LogP contribution in [0.3, 0.4) is 0 Å². The molecule has 1 aromatic rings. The van der Waals surface area contributed by atoms with Crippen molar-refractivity contribution in [2.24, 2.45) is 5.41 Å². The first kappa shape index (κ1) is 15.4. The molecule has 1 aromatic carbocycles. The minimum atomic E-state index is -4.03. The predicted octanol–water partition coefficient (Wildman–Crippen LogP) is 2.07. The van der Waals surface area contributed by atoms with E-state index in [0.717, 1.165) is 10.4 Å². The van der Waals surface area contributed by atoms with Crippen LogP contribution < -0.4 is 0 Å². The van der Waals surface area contributed by atoms with Gasteiger partial charge in [0.1, 0.15) is 10.7 Å². The first-order valence-corrected chi connectivity index (χ1v) is 8.09. The Kier molecular flexibility index (Phi) is 3.92. The van der Waals surface area contributed by atoms with Crippen LogP contribution >= 0.6 is 15.9 Å². The average Bonchev–Trinajstić information content (AvgIpc) is 2.77. The van der Waals surface area contributed by atoms with Gasteiger partial charge in [-0.25, -0.2) is 12.8 Å². The number of nitrogens with zero attached hydrogens (tertiary/aromatic N) is 1. The number of benzene rings is 1. The summed E-state index contributed by atoms with van der Waals surface area (Å²) in [5.74, 6) is -1.90. The quantitative estimate of drug-likeness (QED) is 0.889. The van der Waals surface area contributed by atoms with Crippen LogP contribution in [0.15, 0.2) is 27.6 Å². The topological polar surface area (TPSA) is 74.7 Å². The predicted molar refractivity (Wildman–Crippen MR) is 73.2 cm³/mol. The van der Waals surface area contributed by atoms with E-state index in [1.165, 1.54) is 19.1 Å². The van der Waals surface area contributed by atoms with Gasteiger partial charge >= 0.3 is 5.97 Å². The molecule has 0 spiro atoms. The number of rotatable bonds is 3. The zero-order valence-corrected chi connectivity index (χ0v) is 13.0. The Labute approximate surface area is 124 Å². The lowest BCUT2D eigenvalue weighted by Gasteiger charge is -2.20. The Morgan fingerprint density at radius 1 is 1.50 bits per heavy atom. The van der Waals surface area contributed by atoms with Crippen LogP contribution in [-0.4, -0.2) is 36.9 Å². The molecule has 1 saturated heterocycles. The number of carboxylic acid groups (broad SMARTS) is 1. The van der Waals surface area contributed by atoms with Gasteiger partial charge in [-0.3, -0.25) is 4.79 Å². The molecular weight excluding hydrogens is 353 g/mol. The van der Waals surface area contributed by atoms with E-state index in [2.05, 4.69) is 15.9 Å². The molecule has 1 aliphatic heterocycles. The van der Waals surface area contributed by atoms with E-state index < -0.39 is 32.1 Å². The molecule has 0 amide bonds. The highest BCUT2D eigenvalue weighted by Crippen LogP contribution is 2.34. The molecule has 20 heavy (non-hydrogen) atoms. The molecule has 1 fully saturated rings. The summed E-state index contributed by atoms with van der Waals surface area (Å²) in [6.07, 6.45) is 0.206. The van der Waals surface area contributed by atoms with Crippen LogP contribution in [0, 0.1) is 11.2 Å². The Morgan fingerprint density at radius 3 is 2.70 bits per heavy atom. The van der Waals surface area contributed by atoms with Crippen molar-refractivity contribution in [3.63, 3.8) is 0 Å². The van der Waals surface area contributed by atoms with Gasteiger partial charge in [-0.1, -0.05) is 15.9 Å². The smallest absolute Gasteiger partial charge is 0.310 e. The maximum atomic E-state index is 13.7. The normalized spacial score (nSPS) is 23.9. The maximum absolute atomic E-state index is 13.7. The summed E-state index contributed by atoms with van der Waals surface area (Å²) in [6, 6.07) is 3.64. The fourth-order valence-electron chi connectivity index (χ4n) is 2.11. The van der Waals surface area contributed by atoms with Crippen molar-refractivity contribution in [1.82, 2.24) is 4.31 Å². The number of hydrogen-bond donors (Lipinski definition) is 1. The van der Waals surface area contributed by atoms with E-state index in [9.17, 15) is 17.6 Å². The molecule has 0 saturated carbocycles. The molecule has 0 radical (unpaired) electrons. The second-order valence-corrected chi connectivity index (χ2v) is 7.85. The van der Waals surface area contributed by atoms with Crippen molar-refractivity contribution >= 4 is 31.9 Å². The van der Waals surface area contributed by atoms with Crippen LogP contribution in [-0.2, 0) is 14.8 Å². The molecule has 1 unspecified atom stereocenters. The summed E-state index contributed by atoms with van der Waals surface area (Å²) in [6.45, 7) is 1.40. The van der Waals surface area contributed by atoms with Gasteiger partial charge in [0.05, 0.1) is 5.41 Å². The number of aliphatic carboxylic acids is 1. The first-order valence-electron chi connectivity index (χ1n) is 5.85. The average molecular weight is 366 g/mol. The van der Waals surface area contributed by atoms with Crippen LogP contribution in [0.5, 0.6) is 0 Å². The summed E-state index contributed by atoms with van der Waals surface area (Å²) >= 11 is 3.10. The zero-order valence-electron chi connectivity index (χ0n) is 10.6. The monoisotopic (exact) mass is 365 g/mol. The highest BCUT2D eigenvalue weighted by Gasteiger charge is 2.45. The largest absolute Gasteiger partial charge is 0.481 e. The standard InChI is InChI=1S/C12H13BrFNO4S/c1-12(11(16)17)4-5-15(7-12)20(18,19)10-6-8(13)2-3-9(10)14/h2-3,6H,4-5,7H2,1H3,(H,16,17). The zero-order chi connectivity index (χ0) is 15.1. The van der Waals surface area contributed by atoms with E-state index in [-0.39, 0.29) is 19.5 Å². The number of sulfonamides is 1. The van der Waals surface area contributed by atoms with Crippen molar-refractivity contribution in [1.29, 1.82) is 0 Å². The van der Waals surface area contributed by atoms with Gasteiger partial charge in [0.15, 0.2) is 0 Å². The van der Waals surface area contributed by atoms with Crippen LogP contribution in [0.4, 0.5) is 4.39 Å². The lowest BCUT2D eigenvalue weighted by atomic mass is 9.90. The van der Waals surface area contributed by atoms with Gasteiger partial charge < -0.3 is 5.11 Å². The van der Waals surface area contributed by atoms with Crippen molar-refractivity contribution in [2.45, 2.75) is 18.2 Å². The lowest BCUT2D eigenvalue weighted by Crippen LogP contribution is -2.35. The molecule has 1 heterocycles. The summed E-state index contributed by atoms with van der Waals surface area (Å²) in [7, 11) is -4.03. The van der Waals surface area contributed by atoms with Crippen molar-refractivity contribution < 1.29 is 22.7 Å². The molecule has 0 aromatic heterocycles. The van der Waals surface area contributed by atoms with Crippen LogP contribution in [0.1, 0.15) is 13.3 Å². The Morgan fingerprint density at radius 2 is 2.15 bits per heavy atom. The first-order chi connectivity index (χ1) is 9.17. The van der Waals surface area contributed by atoms with Gasteiger partial charge in [0.25, 0.3) is 0 Å². The molecule has 1 N–H and O–H groups in total. The van der Waals surface area contributed by atoms with Crippen molar-refractivity contribution in [3.8, 4) is 0 Å². The van der Waals surface area contributed by atoms with E-state index in [1.807, 2.05) is 0 Å². The second-order valence-electron chi connectivity index (χ2n) is 5.03. The number of hydrogen-bond acceptors (Lipinski definition) is 3. The maximum Gasteiger partial charge on any atom is 0.310 e. The highest BCUT2D eigenvalue weighted by molar-refractivity contribution is 9.10. The fraction of sp³-hybridized carbons (Fsp3) is 0.417. The van der Waals surface area contributed by atoms with Crippen molar-refractivity contribution in [2.75, 3.05) is 13.1 Å². The Balaban J connectivity index is 2.38. The number of halogens is 2. The molecule has 110 valence electrons. The van der Waals surface area contributed by atoms with E-state index in [0.29, 0.717) is 4.47 Å². The number of carbonyl (C=O) groups is 1. The SMILES string of the molecule is CC1(C(=O)O)CCN(S(=O)(=O)c2cc(Br)ccc2F)C1. The Bertz CT molecular complexity index is 663.